The maximum atomic E-state index is 11.8. The van der Waals surface area contributed by atoms with Crippen molar-refractivity contribution in [3.8, 4) is 5.75 Å². The smallest absolute Gasteiger partial charge is 0.179 e. The Balaban J connectivity index is 3.39. The molecule has 0 bridgehead atoms. The molecule has 1 aromatic carbocycles. The quantitative estimate of drug-likeness (QED) is 0.812. The Hall–Kier alpha value is -0.870. The van der Waals surface area contributed by atoms with E-state index in [1.165, 1.54) is 0 Å². The number of nitrogens with two attached hydrogens (primary N) is 1. The van der Waals surface area contributed by atoms with Crippen LogP contribution in [0.15, 0.2) is 10.5 Å². The summed E-state index contributed by atoms with van der Waals surface area (Å²) in [6.07, 6.45) is 0. The van der Waals surface area contributed by atoms with E-state index in [0.717, 1.165) is 5.56 Å². The number of aromatic hydroxyl groups is 1. The van der Waals surface area contributed by atoms with Gasteiger partial charge in [0.15, 0.2) is 5.78 Å². The Labute approximate surface area is 97.4 Å². The minimum Gasteiger partial charge on any atom is -0.506 e. The van der Waals surface area contributed by atoms with E-state index in [1.54, 1.807) is 26.8 Å². The first kappa shape index (κ1) is 12.2. The number of phenols is 1. The number of phenolic OH excluding ortho intramolecular Hbond substituents is 1. The first-order valence-corrected chi connectivity index (χ1v) is 5.44. The van der Waals surface area contributed by atoms with Crippen LogP contribution in [0.4, 0.5) is 0 Å². The van der Waals surface area contributed by atoms with Gasteiger partial charge in [-0.3, -0.25) is 4.79 Å². The van der Waals surface area contributed by atoms with Crippen molar-refractivity contribution >= 4 is 21.7 Å². The molecule has 0 spiro atoms. The fraction of sp³-hybridized carbons (Fsp3) is 0.364. The van der Waals surface area contributed by atoms with E-state index < -0.39 is 6.04 Å². The molecule has 0 aromatic heterocycles. The standard InChI is InChI=1S/C11H14BrNO2/c1-5-4-8(11(15)7(3)13)6(2)9(12)10(5)14/h4,7,14H,13H2,1-3H3. The van der Waals surface area contributed by atoms with Crippen LogP contribution in [-0.2, 0) is 0 Å². The number of hydrogen-bond donors (Lipinski definition) is 2. The number of hydrogen-bond acceptors (Lipinski definition) is 3. The van der Waals surface area contributed by atoms with E-state index in [4.69, 9.17) is 5.73 Å². The van der Waals surface area contributed by atoms with Gasteiger partial charge in [-0.2, -0.15) is 0 Å². The van der Waals surface area contributed by atoms with Crippen LogP contribution < -0.4 is 5.73 Å². The summed E-state index contributed by atoms with van der Waals surface area (Å²) in [6.45, 7) is 5.17. The SMILES string of the molecule is Cc1cc(C(=O)C(C)N)c(C)c(Br)c1O. The highest BCUT2D eigenvalue weighted by molar-refractivity contribution is 9.10. The summed E-state index contributed by atoms with van der Waals surface area (Å²) in [6, 6.07) is 1.14. The molecule has 1 atom stereocenters. The van der Waals surface area contributed by atoms with Crippen molar-refractivity contribution in [1.82, 2.24) is 0 Å². The predicted molar refractivity (Wildman–Crippen MR) is 63.3 cm³/mol. The molecular formula is C11H14BrNO2. The normalized spacial score (nSPS) is 12.6. The van der Waals surface area contributed by atoms with Gasteiger partial charge in [-0.05, 0) is 53.9 Å². The number of carbonyl (C=O) groups excluding carboxylic acids is 1. The second-order valence-corrected chi connectivity index (χ2v) is 4.47. The van der Waals surface area contributed by atoms with Crippen molar-refractivity contribution in [2.75, 3.05) is 0 Å². The molecule has 0 heterocycles. The van der Waals surface area contributed by atoms with Crippen molar-refractivity contribution in [2.45, 2.75) is 26.8 Å². The molecule has 0 saturated carbocycles. The number of Topliss-reactive ketones (excluding diaryl/α,β-unsaturated/α-hetero) is 1. The van der Waals surface area contributed by atoms with Crippen molar-refractivity contribution in [3.05, 3.63) is 27.2 Å². The van der Waals surface area contributed by atoms with Crippen LogP contribution >= 0.6 is 15.9 Å². The van der Waals surface area contributed by atoms with E-state index in [0.29, 0.717) is 15.6 Å². The van der Waals surface area contributed by atoms with E-state index in [1.807, 2.05) is 0 Å². The number of benzene rings is 1. The lowest BCUT2D eigenvalue weighted by molar-refractivity contribution is 0.0967. The Kier molecular flexibility index (Phi) is 3.52. The fourth-order valence-electron chi connectivity index (χ4n) is 1.36. The number of halogens is 1. The highest BCUT2D eigenvalue weighted by atomic mass is 79.9. The monoisotopic (exact) mass is 271 g/mol. The molecule has 1 unspecified atom stereocenters. The first-order valence-electron chi connectivity index (χ1n) is 4.64. The second-order valence-electron chi connectivity index (χ2n) is 3.68. The van der Waals surface area contributed by atoms with Crippen LogP contribution in [0.3, 0.4) is 0 Å². The Morgan fingerprint density at radius 3 is 2.53 bits per heavy atom. The van der Waals surface area contributed by atoms with Crippen LogP contribution in [-0.4, -0.2) is 16.9 Å². The van der Waals surface area contributed by atoms with Gasteiger partial charge in [-0.25, -0.2) is 0 Å². The van der Waals surface area contributed by atoms with Gasteiger partial charge in [0.25, 0.3) is 0 Å². The van der Waals surface area contributed by atoms with Gasteiger partial charge in [0, 0.05) is 5.56 Å². The van der Waals surface area contributed by atoms with Crippen LogP contribution in [0.1, 0.15) is 28.4 Å². The Bertz CT molecular complexity index is 414. The average molecular weight is 272 g/mol. The van der Waals surface area contributed by atoms with Crippen LogP contribution in [0.2, 0.25) is 0 Å². The van der Waals surface area contributed by atoms with Gasteiger partial charge in [-0.1, -0.05) is 0 Å². The Morgan fingerprint density at radius 2 is 2.07 bits per heavy atom. The molecule has 82 valence electrons. The molecule has 0 saturated heterocycles. The number of rotatable bonds is 2. The lowest BCUT2D eigenvalue weighted by Gasteiger charge is -2.12. The summed E-state index contributed by atoms with van der Waals surface area (Å²) in [4.78, 5) is 11.8. The number of carbonyl (C=O) groups is 1. The van der Waals surface area contributed by atoms with Gasteiger partial charge in [0.1, 0.15) is 5.75 Å². The van der Waals surface area contributed by atoms with Crippen LogP contribution in [0.5, 0.6) is 5.75 Å². The minimum atomic E-state index is -0.528. The van der Waals surface area contributed by atoms with E-state index >= 15 is 0 Å². The minimum absolute atomic E-state index is 0.115. The Morgan fingerprint density at radius 1 is 1.53 bits per heavy atom. The predicted octanol–water partition coefficient (Wildman–Crippen LogP) is 2.30. The number of ketones is 1. The van der Waals surface area contributed by atoms with Crippen molar-refractivity contribution in [3.63, 3.8) is 0 Å². The molecule has 1 aromatic rings. The highest BCUT2D eigenvalue weighted by Gasteiger charge is 2.18. The zero-order chi connectivity index (χ0) is 11.7. The molecule has 3 nitrogen and oxygen atoms in total. The van der Waals surface area contributed by atoms with Crippen molar-refractivity contribution in [2.24, 2.45) is 5.73 Å². The fourth-order valence-corrected chi connectivity index (χ4v) is 1.89. The molecule has 15 heavy (non-hydrogen) atoms. The third-order valence-corrected chi connectivity index (χ3v) is 3.32. The summed E-state index contributed by atoms with van der Waals surface area (Å²) in [5, 5.41) is 9.64. The second kappa shape index (κ2) is 4.33. The molecule has 3 N–H and O–H groups in total. The number of aryl methyl sites for hydroxylation is 1. The summed E-state index contributed by atoms with van der Waals surface area (Å²) < 4.78 is 0.562. The zero-order valence-electron chi connectivity index (χ0n) is 8.97. The third-order valence-electron chi connectivity index (χ3n) is 2.35. The molecule has 1 rings (SSSR count). The lowest BCUT2D eigenvalue weighted by Crippen LogP contribution is -2.27. The third kappa shape index (κ3) is 2.21. The maximum Gasteiger partial charge on any atom is 0.179 e. The molecule has 0 aliphatic carbocycles. The molecule has 0 aliphatic heterocycles. The molecule has 0 radical (unpaired) electrons. The maximum absolute atomic E-state index is 11.8. The zero-order valence-corrected chi connectivity index (χ0v) is 10.6. The molecule has 4 heteroatoms. The lowest BCUT2D eigenvalue weighted by atomic mass is 9.98. The molecule has 0 fully saturated rings. The highest BCUT2D eigenvalue weighted by Crippen LogP contribution is 2.33. The van der Waals surface area contributed by atoms with E-state index in [-0.39, 0.29) is 11.5 Å². The molecule has 0 amide bonds. The summed E-state index contributed by atoms with van der Waals surface area (Å²) >= 11 is 3.26. The van der Waals surface area contributed by atoms with E-state index in [9.17, 15) is 9.90 Å². The van der Waals surface area contributed by atoms with Crippen molar-refractivity contribution in [1.29, 1.82) is 0 Å². The largest absolute Gasteiger partial charge is 0.506 e. The topological polar surface area (TPSA) is 63.3 Å². The average Bonchev–Trinajstić information content (AvgIpc) is 2.19. The van der Waals surface area contributed by atoms with Gasteiger partial charge in [0.05, 0.1) is 10.5 Å². The van der Waals surface area contributed by atoms with Gasteiger partial charge in [0.2, 0.25) is 0 Å². The van der Waals surface area contributed by atoms with Crippen LogP contribution in [0.25, 0.3) is 0 Å². The van der Waals surface area contributed by atoms with Crippen LogP contribution in [0, 0.1) is 13.8 Å². The summed E-state index contributed by atoms with van der Waals surface area (Å²) in [7, 11) is 0. The van der Waals surface area contributed by atoms with Crippen molar-refractivity contribution < 1.29 is 9.90 Å². The summed E-state index contributed by atoms with van der Waals surface area (Å²) in [5.41, 5.74) is 7.50. The molecule has 0 aliphatic rings. The van der Waals surface area contributed by atoms with Gasteiger partial charge in [-0.15, -0.1) is 0 Å². The van der Waals surface area contributed by atoms with Gasteiger partial charge < -0.3 is 10.8 Å². The van der Waals surface area contributed by atoms with E-state index in [2.05, 4.69) is 15.9 Å². The summed E-state index contributed by atoms with van der Waals surface area (Å²) in [5.74, 6) is 0.0602. The van der Waals surface area contributed by atoms with Gasteiger partial charge >= 0.3 is 0 Å². The first-order chi connectivity index (χ1) is 6.86. The molecular weight excluding hydrogens is 258 g/mol.